The van der Waals surface area contributed by atoms with Crippen LogP contribution in [0.5, 0.6) is 0 Å². The molecule has 2 aromatic rings. The van der Waals surface area contributed by atoms with E-state index in [1.54, 1.807) is 12.3 Å². The monoisotopic (exact) mass is 413 g/mol. The number of hydrogen-bond donors (Lipinski definition) is 2. The molecule has 28 heavy (non-hydrogen) atoms. The first-order chi connectivity index (χ1) is 13.4. The molecule has 11 heteroatoms. The zero-order valence-corrected chi connectivity index (χ0v) is 15.5. The summed E-state index contributed by atoms with van der Waals surface area (Å²) in [6.45, 7) is 2.88. The lowest BCUT2D eigenvalue weighted by molar-refractivity contribution is -0.0328. The third-order valence-corrected chi connectivity index (χ3v) is 4.52. The van der Waals surface area contributed by atoms with Crippen LogP contribution in [-0.2, 0) is 11.3 Å². The average molecular weight is 413 g/mol. The zero-order valence-electron chi connectivity index (χ0n) is 14.7. The fraction of sp³-hybridized carbons (Fsp3) is 0.353. The number of morpholine rings is 1. The lowest BCUT2D eigenvalue weighted by atomic mass is 10.3. The van der Waals surface area contributed by atoms with Crippen molar-refractivity contribution in [1.82, 2.24) is 15.3 Å². The van der Waals surface area contributed by atoms with Crippen molar-refractivity contribution in [3.63, 3.8) is 0 Å². The Morgan fingerprint density at radius 3 is 2.57 bits per heavy atom. The maximum Gasteiger partial charge on any atom is 0.446 e. The smallest absolute Gasteiger partial charge is 0.378 e. The van der Waals surface area contributed by atoms with Gasteiger partial charge in [0.2, 0.25) is 0 Å². The number of halogens is 3. The van der Waals surface area contributed by atoms with E-state index < -0.39 is 11.5 Å². The number of aromatic nitrogens is 2. The molecule has 0 saturated carbocycles. The van der Waals surface area contributed by atoms with Crippen LogP contribution >= 0.6 is 11.8 Å². The van der Waals surface area contributed by atoms with Gasteiger partial charge >= 0.3 is 11.5 Å². The molecular formula is C17H18F3N5O2S. The summed E-state index contributed by atoms with van der Waals surface area (Å²) in [4.78, 5) is 22.7. The number of nitrogens with one attached hydrogen (secondary N) is 2. The Kier molecular flexibility index (Phi) is 6.57. The number of urea groups is 1. The van der Waals surface area contributed by atoms with E-state index in [2.05, 4.69) is 25.5 Å². The van der Waals surface area contributed by atoms with E-state index in [4.69, 9.17) is 4.74 Å². The Hall–Kier alpha value is -2.53. The highest BCUT2D eigenvalue weighted by molar-refractivity contribution is 8.00. The highest BCUT2D eigenvalue weighted by Crippen LogP contribution is 2.37. The van der Waals surface area contributed by atoms with Gasteiger partial charge < -0.3 is 20.3 Å². The van der Waals surface area contributed by atoms with Crippen LogP contribution in [-0.4, -0.2) is 47.8 Å². The van der Waals surface area contributed by atoms with E-state index in [1.807, 2.05) is 0 Å². The quantitative estimate of drug-likeness (QED) is 0.733. The summed E-state index contributed by atoms with van der Waals surface area (Å²) in [7, 11) is 0. The van der Waals surface area contributed by atoms with Crippen LogP contribution in [0.1, 0.15) is 5.82 Å². The van der Waals surface area contributed by atoms with E-state index >= 15 is 0 Å². The number of carbonyl (C=O) groups is 1. The summed E-state index contributed by atoms with van der Waals surface area (Å²) in [5, 5.41) is 5.18. The highest BCUT2D eigenvalue weighted by Gasteiger charge is 2.29. The van der Waals surface area contributed by atoms with Crippen LogP contribution in [0.3, 0.4) is 0 Å². The summed E-state index contributed by atoms with van der Waals surface area (Å²) in [6.07, 6.45) is 1.63. The second-order valence-corrected chi connectivity index (χ2v) is 6.95. The van der Waals surface area contributed by atoms with Crippen molar-refractivity contribution >= 4 is 29.3 Å². The molecule has 1 aromatic heterocycles. The summed E-state index contributed by atoms with van der Waals surface area (Å²) < 4.78 is 42.3. The molecule has 0 aliphatic carbocycles. The van der Waals surface area contributed by atoms with Crippen molar-refractivity contribution in [3.8, 4) is 0 Å². The topological polar surface area (TPSA) is 79.4 Å². The normalized spacial score (nSPS) is 14.6. The third kappa shape index (κ3) is 6.27. The molecule has 7 nitrogen and oxygen atoms in total. The van der Waals surface area contributed by atoms with Crippen LogP contribution < -0.4 is 15.5 Å². The predicted octanol–water partition coefficient (Wildman–Crippen LogP) is 3.25. The standard InChI is InChI=1S/C17H18F3N5O2S/c18-17(19,20)28-13-3-1-12(2-4-13)23-16(26)22-11-14-21-6-5-15(24-14)25-7-9-27-10-8-25/h1-6H,7-11H2,(H2,22,23,26). The van der Waals surface area contributed by atoms with Gasteiger partial charge in [-0.15, -0.1) is 0 Å². The molecule has 3 rings (SSSR count). The number of rotatable bonds is 5. The molecule has 1 aliphatic heterocycles. The second kappa shape index (κ2) is 9.11. The summed E-state index contributed by atoms with van der Waals surface area (Å²) in [5.74, 6) is 1.23. The van der Waals surface area contributed by atoms with Gasteiger partial charge in [0.25, 0.3) is 0 Å². The third-order valence-electron chi connectivity index (χ3n) is 3.78. The molecule has 0 radical (unpaired) electrons. The predicted molar refractivity (Wildman–Crippen MR) is 99.3 cm³/mol. The van der Waals surface area contributed by atoms with Gasteiger partial charge in [-0.3, -0.25) is 0 Å². The van der Waals surface area contributed by atoms with Crippen LogP contribution in [0.25, 0.3) is 0 Å². The molecule has 1 aliphatic rings. The van der Waals surface area contributed by atoms with E-state index in [0.717, 1.165) is 18.9 Å². The van der Waals surface area contributed by atoms with Gasteiger partial charge in [-0.25, -0.2) is 14.8 Å². The number of alkyl halides is 3. The molecule has 1 aromatic carbocycles. The minimum Gasteiger partial charge on any atom is -0.378 e. The second-order valence-electron chi connectivity index (χ2n) is 5.81. The van der Waals surface area contributed by atoms with E-state index in [9.17, 15) is 18.0 Å². The molecule has 0 atom stereocenters. The minimum absolute atomic E-state index is 0.0479. The van der Waals surface area contributed by atoms with Crippen molar-refractivity contribution in [1.29, 1.82) is 0 Å². The molecule has 150 valence electrons. The zero-order chi connectivity index (χ0) is 20.0. The molecular weight excluding hydrogens is 395 g/mol. The molecule has 2 N–H and O–H groups in total. The van der Waals surface area contributed by atoms with Crippen molar-refractivity contribution in [3.05, 3.63) is 42.4 Å². The van der Waals surface area contributed by atoms with E-state index in [-0.39, 0.29) is 23.2 Å². The van der Waals surface area contributed by atoms with Crippen molar-refractivity contribution in [2.75, 3.05) is 36.5 Å². The lowest BCUT2D eigenvalue weighted by Gasteiger charge is -2.27. The number of nitrogens with zero attached hydrogens (tertiary/aromatic N) is 3. The van der Waals surface area contributed by atoms with Gasteiger partial charge in [-0.05, 0) is 42.1 Å². The molecule has 0 bridgehead atoms. The molecule has 2 amide bonds. The Morgan fingerprint density at radius 1 is 1.18 bits per heavy atom. The van der Waals surface area contributed by atoms with Gasteiger partial charge in [0.05, 0.1) is 19.8 Å². The lowest BCUT2D eigenvalue weighted by Crippen LogP contribution is -2.37. The number of amides is 2. The Labute approximate surface area is 163 Å². The maximum atomic E-state index is 12.3. The SMILES string of the molecule is O=C(NCc1nccc(N2CCOCC2)n1)Nc1ccc(SC(F)(F)F)cc1. The minimum atomic E-state index is -4.35. The van der Waals surface area contributed by atoms with Crippen LogP contribution in [0.2, 0.25) is 0 Å². The van der Waals surface area contributed by atoms with Crippen LogP contribution in [0.4, 0.5) is 29.5 Å². The van der Waals surface area contributed by atoms with E-state index in [0.29, 0.717) is 24.7 Å². The van der Waals surface area contributed by atoms with Gasteiger partial charge in [-0.2, -0.15) is 13.2 Å². The average Bonchev–Trinajstić information content (AvgIpc) is 2.68. The van der Waals surface area contributed by atoms with Crippen LogP contribution in [0, 0.1) is 0 Å². The number of anilines is 2. The van der Waals surface area contributed by atoms with Crippen LogP contribution in [0.15, 0.2) is 41.4 Å². The first-order valence-electron chi connectivity index (χ1n) is 8.44. The van der Waals surface area contributed by atoms with Crippen molar-refractivity contribution in [2.45, 2.75) is 16.9 Å². The fourth-order valence-electron chi connectivity index (χ4n) is 2.52. The molecule has 2 heterocycles. The number of ether oxygens (including phenoxy) is 1. The number of thioether (sulfide) groups is 1. The number of hydrogen-bond acceptors (Lipinski definition) is 6. The maximum absolute atomic E-state index is 12.3. The van der Waals surface area contributed by atoms with Crippen molar-refractivity contribution < 1.29 is 22.7 Å². The Balaban J connectivity index is 1.50. The first kappa shape index (κ1) is 20.2. The molecule has 1 fully saturated rings. The summed E-state index contributed by atoms with van der Waals surface area (Å²) in [5.41, 5.74) is -3.96. The van der Waals surface area contributed by atoms with E-state index in [1.165, 1.54) is 24.3 Å². The van der Waals surface area contributed by atoms with Gasteiger partial charge in [0, 0.05) is 29.9 Å². The summed E-state index contributed by atoms with van der Waals surface area (Å²) in [6, 6.07) is 6.70. The van der Waals surface area contributed by atoms with Gasteiger partial charge in [-0.1, -0.05) is 0 Å². The molecule has 1 saturated heterocycles. The summed E-state index contributed by atoms with van der Waals surface area (Å²) >= 11 is -0.208. The fourth-order valence-corrected chi connectivity index (χ4v) is 3.06. The van der Waals surface area contributed by atoms with Crippen molar-refractivity contribution in [2.24, 2.45) is 0 Å². The first-order valence-corrected chi connectivity index (χ1v) is 9.26. The number of benzene rings is 1. The Morgan fingerprint density at radius 2 is 1.89 bits per heavy atom. The molecule has 0 spiro atoms. The largest absolute Gasteiger partial charge is 0.446 e. The van der Waals surface area contributed by atoms with Gasteiger partial charge in [0.15, 0.2) is 0 Å². The molecule has 0 unspecified atom stereocenters. The number of carbonyl (C=O) groups excluding carboxylic acids is 1. The Bertz CT molecular complexity index is 798. The highest BCUT2D eigenvalue weighted by atomic mass is 32.2. The van der Waals surface area contributed by atoms with Gasteiger partial charge in [0.1, 0.15) is 11.6 Å².